The number of aliphatic hydroxyl groups is 3. The minimum absolute atomic E-state index is 0.117. The molecule has 3 heterocycles. The summed E-state index contributed by atoms with van der Waals surface area (Å²) in [6.45, 7) is 0.0665. The van der Waals surface area contributed by atoms with Crippen molar-refractivity contribution in [2.24, 2.45) is 0 Å². The van der Waals surface area contributed by atoms with Gasteiger partial charge < -0.3 is 25.4 Å². The Hall–Kier alpha value is -1.32. The van der Waals surface area contributed by atoms with Gasteiger partial charge >= 0.3 is 6.18 Å². The molecule has 4 N–H and O–H groups in total. The van der Waals surface area contributed by atoms with Crippen molar-refractivity contribution in [1.82, 2.24) is 19.5 Å². The number of hydrogen-bond acceptors (Lipinski definition) is 10. The van der Waals surface area contributed by atoms with Gasteiger partial charge in [-0.25, -0.2) is 15.0 Å². The number of imidazole rings is 1. The average Bonchev–Trinajstić information content (AvgIpc) is 3.22. The van der Waals surface area contributed by atoms with Gasteiger partial charge in [0.05, 0.1) is 19.4 Å². The molecule has 0 aliphatic carbocycles. The number of thioether (sulfide) groups is 2. The summed E-state index contributed by atoms with van der Waals surface area (Å²) in [5.74, 6) is 0.882. The maximum atomic E-state index is 12.5. The van der Waals surface area contributed by atoms with Crippen molar-refractivity contribution in [3.05, 3.63) is 6.33 Å². The number of nitrogens with zero attached hydrogens (tertiary/aromatic N) is 4. The molecule has 2 unspecified atom stereocenters. The lowest BCUT2D eigenvalue weighted by Gasteiger charge is -2.17. The second kappa shape index (κ2) is 9.87. The zero-order valence-corrected chi connectivity index (χ0v) is 17.5. The lowest BCUT2D eigenvalue weighted by atomic mass is 10.1. The van der Waals surface area contributed by atoms with E-state index in [-0.39, 0.29) is 16.6 Å². The largest absolute Gasteiger partial charge is 0.394 e. The Kier molecular flexibility index (Phi) is 7.68. The summed E-state index contributed by atoms with van der Waals surface area (Å²) in [5, 5.41) is 32.8. The first-order valence-electron chi connectivity index (χ1n) is 9.04. The molecule has 2 aromatic rings. The molecule has 1 aliphatic heterocycles. The Labute approximate surface area is 178 Å². The van der Waals surface area contributed by atoms with Gasteiger partial charge in [-0.15, -0.1) is 0 Å². The highest BCUT2D eigenvalue weighted by atomic mass is 32.2. The summed E-state index contributed by atoms with van der Waals surface area (Å²) >= 11 is 2.46. The molecule has 0 bridgehead atoms. The fourth-order valence-corrected chi connectivity index (χ4v) is 4.04. The van der Waals surface area contributed by atoms with Crippen LogP contribution < -0.4 is 5.32 Å². The minimum atomic E-state index is -4.28. The third kappa shape index (κ3) is 5.29. The summed E-state index contributed by atoms with van der Waals surface area (Å²) < 4.78 is 44.4. The molecule has 0 aromatic carbocycles. The van der Waals surface area contributed by atoms with E-state index in [1.807, 2.05) is 6.26 Å². The number of halogens is 3. The second-order valence-corrected chi connectivity index (χ2v) is 8.59. The number of hydrogen-bond donors (Lipinski definition) is 4. The Bertz CT molecular complexity index is 856. The highest BCUT2D eigenvalue weighted by Crippen LogP contribution is 2.33. The fourth-order valence-electron chi connectivity index (χ4n) is 2.91. The van der Waals surface area contributed by atoms with Crippen molar-refractivity contribution < 1.29 is 33.2 Å². The monoisotopic (exact) mass is 469 g/mol. The molecule has 3 rings (SSSR count). The maximum absolute atomic E-state index is 12.5. The van der Waals surface area contributed by atoms with Gasteiger partial charge in [-0.3, -0.25) is 4.57 Å². The van der Waals surface area contributed by atoms with E-state index >= 15 is 0 Å². The van der Waals surface area contributed by atoms with Crippen LogP contribution in [-0.2, 0) is 4.74 Å². The first-order valence-corrected chi connectivity index (χ1v) is 11.4. The van der Waals surface area contributed by atoms with Crippen LogP contribution in [0.25, 0.3) is 11.2 Å². The van der Waals surface area contributed by atoms with E-state index in [0.717, 1.165) is 17.5 Å². The van der Waals surface area contributed by atoms with Crippen LogP contribution in [0.15, 0.2) is 11.5 Å². The zero-order chi connectivity index (χ0) is 21.9. The number of fused-ring (bicyclic) bond motifs is 1. The molecule has 0 saturated carbocycles. The van der Waals surface area contributed by atoms with Crippen molar-refractivity contribution in [2.75, 3.05) is 36.2 Å². The van der Waals surface area contributed by atoms with Crippen LogP contribution in [0.1, 0.15) is 12.6 Å². The van der Waals surface area contributed by atoms with Crippen LogP contribution >= 0.6 is 23.5 Å². The highest BCUT2D eigenvalue weighted by molar-refractivity contribution is 7.99. The fraction of sp³-hybridized carbons (Fsp3) is 0.688. The molecule has 1 saturated heterocycles. The number of nitrogens with one attached hydrogen (secondary N) is 1. The number of aliphatic hydroxyl groups excluding tert-OH is 3. The summed E-state index contributed by atoms with van der Waals surface area (Å²) in [7, 11) is 0. The van der Waals surface area contributed by atoms with E-state index < -0.39 is 43.7 Å². The molecule has 0 amide bonds. The van der Waals surface area contributed by atoms with Gasteiger partial charge in [0, 0.05) is 18.1 Å². The Morgan fingerprint density at radius 1 is 1.23 bits per heavy atom. The molecule has 30 heavy (non-hydrogen) atoms. The van der Waals surface area contributed by atoms with Crippen molar-refractivity contribution in [1.29, 1.82) is 0 Å². The summed E-state index contributed by atoms with van der Waals surface area (Å²) in [6.07, 6.45) is -6.68. The number of ether oxygens (including phenoxy) is 1. The smallest absolute Gasteiger partial charge is 0.389 e. The van der Waals surface area contributed by atoms with Gasteiger partial charge in [-0.2, -0.15) is 24.9 Å². The van der Waals surface area contributed by atoms with Gasteiger partial charge in [0.15, 0.2) is 28.4 Å². The van der Waals surface area contributed by atoms with Crippen LogP contribution in [0, 0.1) is 0 Å². The highest BCUT2D eigenvalue weighted by Gasteiger charge is 2.44. The third-order valence-corrected chi connectivity index (χ3v) is 5.87. The molecular formula is C16H22F3N5O4S2. The molecule has 168 valence electrons. The standard InChI is InChI=1S/C16H22F3N5O4S2/c1-29-5-3-20-12-9-13(23-15(22-12)30-4-2-16(17,18)19)24(7-21-9)14-11(27)10(26)8(6-25)28-14/h7-8,10-11,14,25-27H,2-6H2,1H3,(H,20,22,23)/t8-,10?,11?,14-/m1/s1. The first-order chi connectivity index (χ1) is 14.2. The van der Waals surface area contributed by atoms with Gasteiger partial charge in [0.25, 0.3) is 0 Å². The molecule has 1 aliphatic rings. The Morgan fingerprint density at radius 3 is 2.63 bits per heavy atom. The van der Waals surface area contributed by atoms with Gasteiger partial charge in [0.1, 0.15) is 18.3 Å². The van der Waals surface area contributed by atoms with Crippen LogP contribution in [0.3, 0.4) is 0 Å². The lowest BCUT2D eigenvalue weighted by molar-refractivity contribution is -0.129. The zero-order valence-electron chi connectivity index (χ0n) is 15.9. The normalized spacial score (nSPS) is 24.6. The molecule has 9 nitrogen and oxygen atoms in total. The van der Waals surface area contributed by atoms with Crippen molar-refractivity contribution >= 4 is 40.5 Å². The van der Waals surface area contributed by atoms with Crippen molar-refractivity contribution in [3.8, 4) is 0 Å². The Balaban J connectivity index is 1.93. The number of aromatic nitrogens is 4. The molecule has 14 heteroatoms. The van der Waals surface area contributed by atoms with E-state index in [9.17, 15) is 28.5 Å². The molecule has 4 atom stereocenters. The molecule has 1 fully saturated rings. The number of rotatable bonds is 9. The summed E-state index contributed by atoms with van der Waals surface area (Å²) in [4.78, 5) is 12.9. The van der Waals surface area contributed by atoms with E-state index in [4.69, 9.17) is 4.74 Å². The van der Waals surface area contributed by atoms with Crippen molar-refractivity contribution in [3.63, 3.8) is 0 Å². The average molecular weight is 470 g/mol. The van der Waals surface area contributed by atoms with E-state index in [2.05, 4.69) is 20.3 Å². The minimum Gasteiger partial charge on any atom is -0.394 e. The SMILES string of the molecule is CSCCNc1nc(SCCC(F)(F)F)nc2c1ncn2[C@@H]1O[C@H](CO)C(O)C1O. The van der Waals surface area contributed by atoms with Crippen LogP contribution in [0.4, 0.5) is 19.0 Å². The molecule has 2 aromatic heterocycles. The number of anilines is 1. The summed E-state index contributed by atoms with van der Waals surface area (Å²) in [5.41, 5.74) is 0.593. The van der Waals surface area contributed by atoms with Gasteiger partial charge in [0.2, 0.25) is 0 Å². The lowest BCUT2D eigenvalue weighted by Crippen LogP contribution is -2.33. The Morgan fingerprint density at radius 2 is 2.00 bits per heavy atom. The van der Waals surface area contributed by atoms with Crippen LogP contribution in [0.5, 0.6) is 0 Å². The first kappa shape index (κ1) is 23.3. The quantitative estimate of drug-likeness (QED) is 0.242. The van der Waals surface area contributed by atoms with E-state index in [0.29, 0.717) is 17.9 Å². The summed E-state index contributed by atoms with van der Waals surface area (Å²) in [6, 6.07) is 0. The third-order valence-electron chi connectivity index (χ3n) is 4.41. The predicted molar refractivity (Wildman–Crippen MR) is 107 cm³/mol. The van der Waals surface area contributed by atoms with Gasteiger partial charge in [-0.05, 0) is 6.26 Å². The van der Waals surface area contributed by atoms with Crippen LogP contribution in [-0.4, -0.2) is 90.2 Å². The molecule has 0 spiro atoms. The topological polar surface area (TPSA) is 126 Å². The van der Waals surface area contributed by atoms with Crippen LogP contribution in [0.2, 0.25) is 0 Å². The van der Waals surface area contributed by atoms with Gasteiger partial charge in [-0.1, -0.05) is 11.8 Å². The van der Waals surface area contributed by atoms with E-state index in [1.165, 1.54) is 10.9 Å². The molecule has 0 radical (unpaired) electrons. The molecular weight excluding hydrogens is 447 g/mol. The second-order valence-electron chi connectivity index (χ2n) is 6.54. The predicted octanol–water partition coefficient (Wildman–Crippen LogP) is 1.26. The number of alkyl halides is 3. The maximum Gasteiger partial charge on any atom is 0.389 e. The van der Waals surface area contributed by atoms with E-state index in [1.54, 1.807) is 11.8 Å². The van der Waals surface area contributed by atoms with Crippen molar-refractivity contribution in [2.45, 2.75) is 42.3 Å².